The van der Waals surface area contributed by atoms with E-state index in [0.29, 0.717) is 13.0 Å². The highest BCUT2D eigenvalue weighted by atomic mass is 16.1. The minimum atomic E-state index is 0.00176. The number of nitrogens with zero attached hydrogens (tertiary/aromatic N) is 2. The lowest BCUT2D eigenvalue weighted by Crippen LogP contribution is -2.24. The summed E-state index contributed by atoms with van der Waals surface area (Å²) in [5.74, 6) is 0.972. The smallest absolute Gasteiger partial charge is 0.224 e. The molecule has 0 aliphatic heterocycles. The van der Waals surface area contributed by atoms with Gasteiger partial charge in [0.25, 0.3) is 0 Å². The maximum atomic E-state index is 11.6. The molecule has 1 aromatic carbocycles. The van der Waals surface area contributed by atoms with E-state index in [9.17, 15) is 4.79 Å². The Kier molecular flexibility index (Phi) is 3.46. The zero-order chi connectivity index (χ0) is 13.1. The molecule has 94 valence electrons. The highest BCUT2D eigenvalue weighted by Gasteiger charge is 2.07. The van der Waals surface area contributed by atoms with E-state index < -0.39 is 0 Å². The predicted molar refractivity (Wildman–Crippen MR) is 72.4 cm³/mol. The summed E-state index contributed by atoms with van der Waals surface area (Å²) in [6.45, 7) is 6.04. The molecule has 0 saturated carbocycles. The van der Waals surface area contributed by atoms with Gasteiger partial charge in [-0.15, -0.1) is 6.58 Å². The van der Waals surface area contributed by atoms with Crippen molar-refractivity contribution in [2.45, 2.75) is 13.3 Å². The van der Waals surface area contributed by atoms with Crippen LogP contribution >= 0.6 is 0 Å². The van der Waals surface area contributed by atoms with E-state index in [0.717, 1.165) is 22.4 Å². The van der Waals surface area contributed by atoms with Crippen molar-refractivity contribution in [2.24, 2.45) is 7.05 Å². The number of fused-ring (bicyclic) bond motifs is 1. The number of rotatable bonds is 4. The van der Waals surface area contributed by atoms with Gasteiger partial charge < -0.3 is 9.88 Å². The molecule has 0 radical (unpaired) electrons. The fourth-order valence-corrected chi connectivity index (χ4v) is 1.91. The summed E-state index contributed by atoms with van der Waals surface area (Å²) in [6, 6.07) is 5.94. The monoisotopic (exact) mass is 243 g/mol. The number of carbonyl (C=O) groups excluding carboxylic acids is 1. The summed E-state index contributed by atoms with van der Waals surface area (Å²) in [4.78, 5) is 16.1. The fourth-order valence-electron chi connectivity index (χ4n) is 1.91. The lowest BCUT2D eigenvalue weighted by Gasteiger charge is -2.03. The molecule has 2 rings (SSSR count). The van der Waals surface area contributed by atoms with Gasteiger partial charge in [0.1, 0.15) is 5.82 Å². The van der Waals surface area contributed by atoms with Crippen LogP contribution in [0.2, 0.25) is 0 Å². The number of aryl methyl sites for hydroxylation is 2. The van der Waals surface area contributed by atoms with Crippen LogP contribution in [0.25, 0.3) is 11.0 Å². The summed E-state index contributed by atoms with van der Waals surface area (Å²) in [5.41, 5.74) is 2.99. The van der Waals surface area contributed by atoms with Crippen molar-refractivity contribution in [3.05, 3.63) is 42.2 Å². The van der Waals surface area contributed by atoms with Crippen LogP contribution < -0.4 is 5.32 Å². The summed E-state index contributed by atoms with van der Waals surface area (Å²) in [5, 5.41) is 2.76. The van der Waals surface area contributed by atoms with Crippen molar-refractivity contribution in [1.82, 2.24) is 14.9 Å². The number of hydrogen-bond acceptors (Lipinski definition) is 2. The van der Waals surface area contributed by atoms with Crippen molar-refractivity contribution in [2.75, 3.05) is 6.54 Å². The molecule has 1 heterocycles. The van der Waals surface area contributed by atoms with Crippen molar-refractivity contribution < 1.29 is 4.79 Å². The third-order valence-electron chi connectivity index (χ3n) is 2.98. The Balaban J connectivity index is 2.20. The zero-order valence-corrected chi connectivity index (χ0v) is 10.7. The minimum Gasteiger partial charge on any atom is -0.352 e. The van der Waals surface area contributed by atoms with E-state index >= 15 is 0 Å². The highest BCUT2D eigenvalue weighted by molar-refractivity contribution is 5.82. The molecule has 1 N–H and O–H groups in total. The topological polar surface area (TPSA) is 46.9 Å². The number of nitrogens with one attached hydrogen (secondary N) is 1. The Morgan fingerprint density at radius 3 is 3.06 bits per heavy atom. The Morgan fingerprint density at radius 2 is 2.33 bits per heavy atom. The van der Waals surface area contributed by atoms with Crippen LogP contribution in [0.4, 0.5) is 0 Å². The number of imidazole rings is 1. The molecule has 1 amide bonds. The zero-order valence-electron chi connectivity index (χ0n) is 10.7. The molecule has 4 heteroatoms. The molecule has 0 aliphatic carbocycles. The van der Waals surface area contributed by atoms with Gasteiger partial charge in [0.05, 0.1) is 17.5 Å². The van der Waals surface area contributed by atoms with Crippen LogP contribution in [0.1, 0.15) is 11.4 Å². The Labute approximate surface area is 106 Å². The van der Waals surface area contributed by atoms with Crippen molar-refractivity contribution in [1.29, 1.82) is 0 Å². The van der Waals surface area contributed by atoms with Crippen molar-refractivity contribution in [3.63, 3.8) is 0 Å². The molecule has 0 spiro atoms. The van der Waals surface area contributed by atoms with Gasteiger partial charge in [0.15, 0.2) is 0 Å². The van der Waals surface area contributed by atoms with E-state index in [1.165, 1.54) is 0 Å². The average Bonchev–Trinajstić information content (AvgIpc) is 2.62. The standard InChI is InChI=1S/C14H17N3O/c1-4-7-15-14(18)9-11-5-6-13-12(8-11)16-10(2)17(13)3/h4-6,8H,1,7,9H2,2-3H3,(H,15,18). The van der Waals surface area contributed by atoms with E-state index in [1.807, 2.05) is 36.7 Å². The van der Waals surface area contributed by atoms with Crippen molar-refractivity contribution >= 4 is 16.9 Å². The van der Waals surface area contributed by atoms with Crippen LogP contribution in [0, 0.1) is 6.92 Å². The maximum absolute atomic E-state index is 11.6. The highest BCUT2D eigenvalue weighted by Crippen LogP contribution is 2.16. The molecule has 0 aliphatic rings. The van der Waals surface area contributed by atoms with E-state index in [1.54, 1.807) is 6.08 Å². The molecule has 0 bridgehead atoms. The van der Waals surface area contributed by atoms with E-state index in [4.69, 9.17) is 0 Å². The van der Waals surface area contributed by atoms with Crippen LogP contribution in [-0.4, -0.2) is 22.0 Å². The van der Waals surface area contributed by atoms with Gasteiger partial charge in [-0.05, 0) is 24.6 Å². The molecule has 1 aromatic heterocycles. The first-order chi connectivity index (χ1) is 8.61. The SMILES string of the molecule is C=CCNC(=O)Cc1ccc2c(c1)nc(C)n2C. The van der Waals surface area contributed by atoms with Gasteiger partial charge in [0, 0.05) is 13.6 Å². The molecular weight excluding hydrogens is 226 g/mol. The molecule has 0 fully saturated rings. The number of hydrogen-bond donors (Lipinski definition) is 1. The number of amides is 1. The third-order valence-corrected chi connectivity index (χ3v) is 2.98. The van der Waals surface area contributed by atoms with Gasteiger partial charge in [0.2, 0.25) is 5.91 Å². The van der Waals surface area contributed by atoms with Gasteiger partial charge in [-0.1, -0.05) is 12.1 Å². The second-order valence-corrected chi connectivity index (χ2v) is 4.31. The first-order valence-corrected chi connectivity index (χ1v) is 5.91. The molecule has 0 unspecified atom stereocenters. The molecule has 4 nitrogen and oxygen atoms in total. The summed E-state index contributed by atoms with van der Waals surface area (Å²) in [6.07, 6.45) is 2.04. The van der Waals surface area contributed by atoms with Gasteiger partial charge >= 0.3 is 0 Å². The largest absolute Gasteiger partial charge is 0.352 e. The van der Waals surface area contributed by atoms with Gasteiger partial charge in [-0.3, -0.25) is 4.79 Å². The Hall–Kier alpha value is -2.10. The molecule has 18 heavy (non-hydrogen) atoms. The average molecular weight is 243 g/mol. The summed E-state index contributed by atoms with van der Waals surface area (Å²) < 4.78 is 2.04. The van der Waals surface area contributed by atoms with Crippen molar-refractivity contribution in [3.8, 4) is 0 Å². The molecule has 2 aromatic rings. The second kappa shape index (κ2) is 5.04. The fraction of sp³-hybridized carbons (Fsp3) is 0.286. The van der Waals surface area contributed by atoms with Crippen LogP contribution in [0.15, 0.2) is 30.9 Å². The van der Waals surface area contributed by atoms with Crippen LogP contribution in [-0.2, 0) is 18.3 Å². The molecule has 0 atom stereocenters. The predicted octanol–water partition coefficient (Wildman–Crippen LogP) is 1.73. The van der Waals surface area contributed by atoms with E-state index in [2.05, 4.69) is 16.9 Å². The number of aromatic nitrogens is 2. The lowest BCUT2D eigenvalue weighted by atomic mass is 10.1. The lowest BCUT2D eigenvalue weighted by molar-refractivity contribution is -0.120. The molecular formula is C14H17N3O. The Bertz CT molecular complexity index is 598. The first-order valence-electron chi connectivity index (χ1n) is 5.91. The van der Waals surface area contributed by atoms with Crippen LogP contribution in [0.5, 0.6) is 0 Å². The quantitative estimate of drug-likeness (QED) is 0.831. The number of benzene rings is 1. The molecule has 0 saturated heterocycles. The van der Waals surface area contributed by atoms with Gasteiger partial charge in [-0.25, -0.2) is 4.98 Å². The summed E-state index contributed by atoms with van der Waals surface area (Å²) >= 11 is 0. The van der Waals surface area contributed by atoms with E-state index in [-0.39, 0.29) is 5.91 Å². The first kappa shape index (κ1) is 12.4. The number of carbonyl (C=O) groups is 1. The van der Waals surface area contributed by atoms with Gasteiger partial charge in [-0.2, -0.15) is 0 Å². The Morgan fingerprint density at radius 1 is 1.56 bits per heavy atom. The summed E-state index contributed by atoms with van der Waals surface area (Å²) in [7, 11) is 1.99. The normalized spacial score (nSPS) is 10.6. The van der Waals surface area contributed by atoms with Crippen LogP contribution in [0.3, 0.4) is 0 Å². The second-order valence-electron chi connectivity index (χ2n) is 4.31. The minimum absolute atomic E-state index is 0.00176. The maximum Gasteiger partial charge on any atom is 0.224 e. The third kappa shape index (κ3) is 2.42.